The van der Waals surface area contributed by atoms with Gasteiger partial charge in [0, 0.05) is 24.7 Å². The van der Waals surface area contributed by atoms with Crippen molar-refractivity contribution in [3.63, 3.8) is 0 Å². The predicted octanol–water partition coefficient (Wildman–Crippen LogP) is 2.63. The highest BCUT2D eigenvalue weighted by atomic mass is 16.5. The van der Waals surface area contributed by atoms with Crippen molar-refractivity contribution < 1.29 is 23.4 Å². The quantitative estimate of drug-likeness (QED) is 0.387. The van der Waals surface area contributed by atoms with Gasteiger partial charge in [0.2, 0.25) is 17.6 Å². The van der Waals surface area contributed by atoms with Crippen molar-refractivity contribution in [3.8, 4) is 22.9 Å². The topological polar surface area (TPSA) is 143 Å². The number of carbonyl (C=O) groups is 1. The second-order valence-electron chi connectivity index (χ2n) is 7.93. The van der Waals surface area contributed by atoms with Crippen molar-refractivity contribution in [1.82, 2.24) is 19.5 Å². The number of hydrogen-bond donors (Lipinski definition) is 2. The van der Waals surface area contributed by atoms with E-state index in [-0.39, 0.29) is 5.91 Å². The Labute approximate surface area is 200 Å². The van der Waals surface area contributed by atoms with E-state index in [1.54, 1.807) is 50.8 Å². The summed E-state index contributed by atoms with van der Waals surface area (Å²) in [5.41, 5.74) is 7.49. The molecule has 12 heteroatoms. The Morgan fingerprint density at radius 1 is 1.17 bits per heavy atom. The summed E-state index contributed by atoms with van der Waals surface area (Å²) in [6.07, 6.45) is 6.47. The molecule has 3 aromatic heterocycles. The van der Waals surface area contributed by atoms with Crippen LogP contribution < -0.4 is 30.2 Å². The summed E-state index contributed by atoms with van der Waals surface area (Å²) in [6, 6.07) is 4.94. The highest BCUT2D eigenvalue weighted by Gasteiger charge is 2.32. The average Bonchev–Trinajstić information content (AvgIpc) is 3.63. The number of methoxy groups -OCH3 is 3. The fraction of sp³-hybridized carbons (Fsp3) is 0.304. The molecule has 35 heavy (non-hydrogen) atoms. The van der Waals surface area contributed by atoms with E-state index in [0.29, 0.717) is 58.9 Å². The van der Waals surface area contributed by atoms with Crippen LogP contribution in [0, 0.1) is 0 Å². The molecule has 1 atom stereocenters. The lowest BCUT2D eigenvalue weighted by Crippen LogP contribution is -2.40. The molecule has 1 saturated heterocycles. The number of imidazole rings is 1. The van der Waals surface area contributed by atoms with Crippen LogP contribution in [0.2, 0.25) is 0 Å². The number of ether oxygens (including phenoxy) is 3. The number of anilines is 3. The van der Waals surface area contributed by atoms with Crippen molar-refractivity contribution in [2.45, 2.75) is 18.9 Å². The van der Waals surface area contributed by atoms with Crippen LogP contribution in [0.15, 0.2) is 41.4 Å². The van der Waals surface area contributed by atoms with Crippen LogP contribution in [0.4, 0.5) is 17.6 Å². The molecular weight excluding hydrogens is 454 g/mol. The van der Waals surface area contributed by atoms with Crippen LogP contribution >= 0.6 is 0 Å². The number of nitrogens with zero attached hydrogens (tertiary/aromatic N) is 5. The van der Waals surface area contributed by atoms with Gasteiger partial charge >= 0.3 is 0 Å². The minimum atomic E-state index is -0.440. The number of nitrogens with two attached hydrogens (primary N) is 1. The molecule has 0 unspecified atom stereocenters. The normalized spacial score (nSPS) is 15.4. The monoisotopic (exact) mass is 479 g/mol. The lowest BCUT2D eigenvalue weighted by molar-refractivity contribution is -0.119. The van der Waals surface area contributed by atoms with Crippen molar-refractivity contribution in [1.29, 1.82) is 0 Å². The molecule has 1 aliphatic heterocycles. The molecule has 12 nitrogen and oxygen atoms in total. The molecule has 1 aromatic carbocycles. The van der Waals surface area contributed by atoms with E-state index in [1.165, 1.54) is 0 Å². The third-order valence-corrected chi connectivity index (χ3v) is 5.91. The van der Waals surface area contributed by atoms with Gasteiger partial charge in [-0.2, -0.15) is 4.98 Å². The number of hydrogen-bond acceptors (Lipinski definition) is 10. The third kappa shape index (κ3) is 4.03. The van der Waals surface area contributed by atoms with Crippen molar-refractivity contribution in [2.24, 2.45) is 5.73 Å². The summed E-state index contributed by atoms with van der Waals surface area (Å²) in [4.78, 5) is 27.4. The molecule has 0 saturated carbocycles. The molecule has 3 N–H and O–H groups in total. The zero-order chi connectivity index (χ0) is 24.5. The van der Waals surface area contributed by atoms with E-state index < -0.39 is 6.04 Å². The second kappa shape index (κ2) is 9.05. The van der Waals surface area contributed by atoms with Gasteiger partial charge in [-0.15, -0.1) is 0 Å². The summed E-state index contributed by atoms with van der Waals surface area (Å²) in [5, 5.41) is 3.14. The minimum Gasteiger partial charge on any atom is -0.493 e. The molecule has 1 amide bonds. The zero-order valence-electron chi connectivity index (χ0n) is 19.5. The lowest BCUT2D eigenvalue weighted by Gasteiger charge is -2.23. The van der Waals surface area contributed by atoms with Gasteiger partial charge in [-0.3, -0.25) is 4.79 Å². The van der Waals surface area contributed by atoms with E-state index in [0.717, 1.165) is 12.1 Å². The van der Waals surface area contributed by atoms with Gasteiger partial charge in [0.25, 0.3) is 0 Å². The van der Waals surface area contributed by atoms with Crippen molar-refractivity contribution >= 4 is 34.6 Å². The van der Waals surface area contributed by atoms with E-state index >= 15 is 0 Å². The Kier molecular flexibility index (Phi) is 5.77. The van der Waals surface area contributed by atoms with Crippen LogP contribution in [0.5, 0.6) is 17.2 Å². The van der Waals surface area contributed by atoms with Gasteiger partial charge in [0.1, 0.15) is 17.9 Å². The molecule has 4 heterocycles. The Morgan fingerprint density at radius 2 is 1.94 bits per heavy atom. The predicted molar refractivity (Wildman–Crippen MR) is 128 cm³/mol. The summed E-state index contributed by atoms with van der Waals surface area (Å²) in [5.74, 6) is 2.52. The molecule has 1 fully saturated rings. The number of carbonyl (C=O) groups excluding carboxylic acids is 1. The van der Waals surface area contributed by atoms with Gasteiger partial charge in [0.05, 0.1) is 39.5 Å². The first kappa shape index (κ1) is 22.3. The number of rotatable bonds is 8. The van der Waals surface area contributed by atoms with E-state index in [2.05, 4.69) is 20.3 Å². The Morgan fingerprint density at radius 3 is 2.63 bits per heavy atom. The van der Waals surface area contributed by atoms with Gasteiger partial charge in [-0.05, 0) is 12.8 Å². The maximum Gasteiger partial charge on any atom is 0.240 e. The van der Waals surface area contributed by atoms with E-state index in [4.69, 9.17) is 24.4 Å². The first-order valence-corrected chi connectivity index (χ1v) is 10.9. The van der Waals surface area contributed by atoms with Gasteiger partial charge in [-0.1, -0.05) is 0 Å². The summed E-state index contributed by atoms with van der Waals surface area (Å²) in [7, 11) is 4.68. The molecule has 0 radical (unpaired) electrons. The highest BCUT2D eigenvalue weighted by Crippen LogP contribution is 2.39. The Balaban J connectivity index is 1.47. The first-order chi connectivity index (χ1) is 17.0. The highest BCUT2D eigenvalue weighted by molar-refractivity contribution is 5.90. The number of furan rings is 1. The smallest absolute Gasteiger partial charge is 0.240 e. The number of primary amides is 1. The molecule has 0 bridgehead atoms. The van der Waals surface area contributed by atoms with Gasteiger partial charge in [0.15, 0.2) is 28.7 Å². The summed E-state index contributed by atoms with van der Waals surface area (Å²) in [6.45, 7) is 0.648. The second-order valence-corrected chi connectivity index (χ2v) is 7.93. The Hall–Kier alpha value is -4.48. The van der Waals surface area contributed by atoms with Gasteiger partial charge < -0.3 is 39.1 Å². The summed E-state index contributed by atoms with van der Waals surface area (Å²) >= 11 is 0. The fourth-order valence-electron chi connectivity index (χ4n) is 4.27. The van der Waals surface area contributed by atoms with Crippen molar-refractivity contribution in [3.05, 3.63) is 37.0 Å². The average molecular weight is 479 g/mol. The molecular formula is C23H25N7O5. The number of amides is 1. The van der Waals surface area contributed by atoms with Crippen LogP contribution in [-0.4, -0.2) is 59.3 Å². The number of nitrogens with one attached hydrogen (secondary N) is 1. The standard InChI is InChI=1S/C23H25N7O5/c1-32-16-9-13(10-17(33-2)20(16)34-3)29-11-18(25-12-29)27-23-26-14-6-8-35-19(14)22(28-23)30-7-4-5-15(30)21(24)31/h6,8-12,15H,4-5,7H2,1-3H3,(H2,24,31)(H,26,27,28)/t15-/m0/s1. The van der Waals surface area contributed by atoms with E-state index in [1.807, 2.05) is 17.0 Å². The SMILES string of the molecule is COc1cc(-n2cnc(Nc3nc(N4CCC[C@H]4C(N)=O)c4occc4n3)c2)cc(OC)c1OC. The molecule has 182 valence electrons. The largest absolute Gasteiger partial charge is 0.493 e. The maximum absolute atomic E-state index is 12.0. The Bertz CT molecular complexity index is 1360. The first-order valence-electron chi connectivity index (χ1n) is 10.9. The molecule has 1 aliphatic rings. The van der Waals surface area contributed by atoms with E-state index in [9.17, 15) is 4.79 Å². The molecule has 4 aromatic rings. The van der Waals surface area contributed by atoms with Crippen LogP contribution in [0.3, 0.4) is 0 Å². The van der Waals surface area contributed by atoms with Gasteiger partial charge in [-0.25, -0.2) is 9.97 Å². The summed E-state index contributed by atoms with van der Waals surface area (Å²) < 4.78 is 23.7. The fourth-order valence-corrected chi connectivity index (χ4v) is 4.27. The zero-order valence-corrected chi connectivity index (χ0v) is 19.5. The molecule has 0 spiro atoms. The number of aromatic nitrogens is 4. The molecule has 0 aliphatic carbocycles. The third-order valence-electron chi connectivity index (χ3n) is 5.91. The van der Waals surface area contributed by atoms with Crippen molar-refractivity contribution in [2.75, 3.05) is 38.1 Å². The molecule has 5 rings (SSSR count). The number of benzene rings is 1. The van der Waals surface area contributed by atoms with Crippen LogP contribution in [0.1, 0.15) is 12.8 Å². The number of fused-ring (bicyclic) bond motifs is 1. The maximum atomic E-state index is 12.0. The van der Waals surface area contributed by atoms with Crippen LogP contribution in [0.25, 0.3) is 16.8 Å². The lowest BCUT2D eigenvalue weighted by atomic mass is 10.2. The van der Waals surface area contributed by atoms with Crippen LogP contribution in [-0.2, 0) is 4.79 Å². The minimum absolute atomic E-state index is 0.319.